The Morgan fingerprint density at radius 3 is 2.55 bits per heavy atom. The van der Waals surface area contributed by atoms with Gasteiger partial charge >= 0.3 is 0 Å². The zero-order chi connectivity index (χ0) is 14.5. The third-order valence-corrected chi connectivity index (χ3v) is 3.52. The Morgan fingerprint density at radius 2 is 2.05 bits per heavy atom. The van der Waals surface area contributed by atoms with E-state index in [0.717, 1.165) is 35.4 Å². The second kappa shape index (κ2) is 6.86. The highest BCUT2D eigenvalue weighted by molar-refractivity contribution is 5.73. The van der Waals surface area contributed by atoms with E-state index in [1.54, 1.807) is 0 Å². The summed E-state index contributed by atoms with van der Waals surface area (Å²) in [6.45, 7) is 4.67. The topological polar surface area (TPSA) is 72.3 Å². The van der Waals surface area contributed by atoms with Crippen molar-refractivity contribution in [3.63, 3.8) is 0 Å². The van der Waals surface area contributed by atoms with E-state index in [-0.39, 0.29) is 6.10 Å². The SMILES string of the molecule is CC(C)c1nc2cc(CN)ccc2o1.OC1CCCC1. The molecule has 0 atom stereocenters. The van der Waals surface area contributed by atoms with Gasteiger partial charge in [-0.15, -0.1) is 0 Å². The molecule has 1 heterocycles. The molecule has 1 saturated carbocycles. The Morgan fingerprint density at radius 1 is 1.35 bits per heavy atom. The minimum absolute atomic E-state index is 0.0463. The fraction of sp³-hybridized carbons (Fsp3) is 0.562. The summed E-state index contributed by atoms with van der Waals surface area (Å²) >= 11 is 0. The zero-order valence-electron chi connectivity index (χ0n) is 12.3. The van der Waals surface area contributed by atoms with Gasteiger partial charge in [-0.25, -0.2) is 4.98 Å². The maximum absolute atomic E-state index is 8.73. The molecular formula is C16H24N2O2. The molecule has 2 aromatic rings. The Bertz CT molecular complexity index is 542. The maximum atomic E-state index is 8.73. The van der Waals surface area contributed by atoms with E-state index in [1.807, 2.05) is 18.2 Å². The maximum Gasteiger partial charge on any atom is 0.198 e. The highest BCUT2D eigenvalue weighted by atomic mass is 16.3. The van der Waals surface area contributed by atoms with Crippen LogP contribution in [0.4, 0.5) is 0 Å². The molecule has 0 saturated heterocycles. The molecule has 1 aliphatic carbocycles. The third-order valence-electron chi connectivity index (χ3n) is 3.52. The van der Waals surface area contributed by atoms with Crippen LogP contribution in [-0.2, 0) is 6.54 Å². The van der Waals surface area contributed by atoms with Crippen molar-refractivity contribution in [2.45, 2.75) is 58.1 Å². The second-order valence-corrected chi connectivity index (χ2v) is 5.65. The van der Waals surface area contributed by atoms with Crippen molar-refractivity contribution in [1.82, 2.24) is 4.98 Å². The van der Waals surface area contributed by atoms with Crippen LogP contribution in [0.2, 0.25) is 0 Å². The largest absolute Gasteiger partial charge is 0.440 e. The molecule has 1 fully saturated rings. The van der Waals surface area contributed by atoms with Gasteiger partial charge in [-0.1, -0.05) is 32.8 Å². The van der Waals surface area contributed by atoms with Gasteiger partial charge in [0.25, 0.3) is 0 Å². The molecule has 0 spiro atoms. The zero-order valence-corrected chi connectivity index (χ0v) is 12.3. The van der Waals surface area contributed by atoms with E-state index in [0.29, 0.717) is 12.5 Å². The summed E-state index contributed by atoms with van der Waals surface area (Å²) in [7, 11) is 0. The number of fused-ring (bicyclic) bond motifs is 1. The van der Waals surface area contributed by atoms with Crippen molar-refractivity contribution >= 4 is 11.1 Å². The number of aromatic nitrogens is 1. The lowest BCUT2D eigenvalue weighted by molar-refractivity contribution is 0.183. The predicted octanol–water partition coefficient (Wildman–Crippen LogP) is 3.33. The fourth-order valence-electron chi connectivity index (χ4n) is 2.27. The van der Waals surface area contributed by atoms with Gasteiger partial charge in [-0.05, 0) is 30.5 Å². The standard InChI is InChI=1S/C11H14N2O.C5H10O/c1-7(2)11-13-9-5-8(6-12)3-4-10(9)14-11;6-5-3-1-2-4-5/h3-5,7H,6,12H2,1-2H3;5-6H,1-4H2. The predicted molar refractivity (Wildman–Crippen MR) is 80.5 cm³/mol. The average Bonchev–Trinajstić information content (AvgIpc) is 3.06. The molecule has 20 heavy (non-hydrogen) atoms. The summed E-state index contributed by atoms with van der Waals surface area (Å²) in [5.74, 6) is 1.11. The lowest BCUT2D eigenvalue weighted by Crippen LogP contribution is -1.95. The lowest BCUT2D eigenvalue weighted by atomic mass is 10.2. The molecule has 0 unspecified atom stereocenters. The number of aliphatic hydroxyl groups excluding tert-OH is 1. The van der Waals surface area contributed by atoms with Crippen LogP contribution in [0.25, 0.3) is 11.1 Å². The van der Waals surface area contributed by atoms with Gasteiger partial charge in [0.1, 0.15) is 5.52 Å². The number of oxazole rings is 1. The number of hydrogen-bond acceptors (Lipinski definition) is 4. The van der Waals surface area contributed by atoms with Gasteiger partial charge in [-0.2, -0.15) is 0 Å². The summed E-state index contributed by atoms with van der Waals surface area (Å²) in [5, 5.41) is 8.73. The van der Waals surface area contributed by atoms with Crippen molar-refractivity contribution < 1.29 is 9.52 Å². The Hall–Kier alpha value is -1.39. The van der Waals surface area contributed by atoms with Crippen molar-refractivity contribution in [3.05, 3.63) is 29.7 Å². The van der Waals surface area contributed by atoms with Gasteiger partial charge in [0.15, 0.2) is 11.5 Å². The molecule has 4 nitrogen and oxygen atoms in total. The highest BCUT2D eigenvalue weighted by Gasteiger charge is 2.09. The molecule has 1 aromatic carbocycles. The van der Waals surface area contributed by atoms with Gasteiger partial charge < -0.3 is 15.3 Å². The lowest BCUT2D eigenvalue weighted by Gasteiger charge is -1.93. The third kappa shape index (κ3) is 3.81. The number of benzene rings is 1. The van der Waals surface area contributed by atoms with E-state index >= 15 is 0 Å². The Labute approximate surface area is 120 Å². The van der Waals surface area contributed by atoms with Crippen molar-refractivity contribution in [2.75, 3.05) is 0 Å². The van der Waals surface area contributed by atoms with Crippen LogP contribution >= 0.6 is 0 Å². The minimum atomic E-state index is 0.0463. The molecule has 1 aliphatic rings. The molecule has 3 N–H and O–H groups in total. The summed E-state index contributed by atoms with van der Waals surface area (Å²) < 4.78 is 5.58. The van der Waals surface area contributed by atoms with Gasteiger partial charge in [0.05, 0.1) is 6.10 Å². The van der Waals surface area contributed by atoms with E-state index in [2.05, 4.69) is 18.8 Å². The first-order chi connectivity index (χ1) is 9.60. The van der Waals surface area contributed by atoms with Crippen LogP contribution in [0, 0.1) is 0 Å². The molecule has 4 heteroatoms. The van der Waals surface area contributed by atoms with Crippen LogP contribution in [0.15, 0.2) is 22.6 Å². The van der Waals surface area contributed by atoms with Gasteiger partial charge in [0.2, 0.25) is 0 Å². The molecule has 0 radical (unpaired) electrons. The van der Waals surface area contributed by atoms with E-state index in [9.17, 15) is 0 Å². The molecule has 1 aromatic heterocycles. The van der Waals surface area contributed by atoms with E-state index in [4.69, 9.17) is 15.3 Å². The Balaban J connectivity index is 0.000000205. The van der Waals surface area contributed by atoms with Crippen LogP contribution in [0.1, 0.15) is 56.9 Å². The first-order valence-electron chi connectivity index (χ1n) is 7.37. The van der Waals surface area contributed by atoms with E-state index < -0.39 is 0 Å². The van der Waals surface area contributed by atoms with Crippen LogP contribution in [0.3, 0.4) is 0 Å². The minimum Gasteiger partial charge on any atom is -0.440 e. The van der Waals surface area contributed by atoms with E-state index in [1.165, 1.54) is 12.8 Å². The quantitative estimate of drug-likeness (QED) is 0.882. The first kappa shape index (κ1) is 15.0. The summed E-state index contributed by atoms with van der Waals surface area (Å²) in [5.41, 5.74) is 8.37. The van der Waals surface area contributed by atoms with Crippen molar-refractivity contribution in [1.29, 1.82) is 0 Å². The first-order valence-corrected chi connectivity index (χ1v) is 7.37. The number of rotatable bonds is 2. The average molecular weight is 276 g/mol. The molecule has 3 rings (SSSR count). The summed E-state index contributed by atoms with van der Waals surface area (Å²) in [6, 6.07) is 5.87. The number of nitrogens with two attached hydrogens (primary N) is 1. The van der Waals surface area contributed by atoms with Crippen molar-refractivity contribution in [2.24, 2.45) is 5.73 Å². The smallest absolute Gasteiger partial charge is 0.198 e. The van der Waals surface area contributed by atoms with Crippen LogP contribution in [0.5, 0.6) is 0 Å². The number of nitrogens with zero attached hydrogens (tertiary/aromatic N) is 1. The Kier molecular flexibility index (Phi) is 5.15. The molecule has 0 amide bonds. The van der Waals surface area contributed by atoms with Crippen LogP contribution in [-0.4, -0.2) is 16.2 Å². The van der Waals surface area contributed by atoms with Gasteiger partial charge in [0, 0.05) is 12.5 Å². The van der Waals surface area contributed by atoms with Crippen molar-refractivity contribution in [3.8, 4) is 0 Å². The highest BCUT2D eigenvalue weighted by Crippen LogP contribution is 2.21. The summed E-state index contributed by atoms with van der Waals surface area (Å²) in [6.07, 6.45) is 4.60. The van der Waals surface area contributed by atoms with Gasteiger partial charge in [-0.3, -0.25) is 0 Å². The second-order valence-electron chi connectivity index (χ2n) is 5.65. The normalized spacial score (nSPS) is 15.7. The number of aliphatic hydroxyl groups is 1. The molecular weight excluding hydrogens is 252 g/mol. The van der Waals surface area contributed by atoms with Crippen LogP contribution < -0.4 is 5.73 Å². The number of hydrogen-bond donors (Lipinski definition) is 2. The molecule has 0 bridgehead atoms. The summed E-state index contributed by atoms with van der Waals surface area (Å²) in [4.78, 5) is 4.40. The monoisotopic (exact) mass is 276 g/mol. The molecule has 0 aliphatic heterocycles. The molecule has 110 valence electrons. The fourth-order valence-corrected chi connectivity index (χ4v) is 2.27.